The van der Waals surface area contributed by atoms with E-state index in [4.69, 9.17) is 4.74 Å². The lowest BCUT2D eigenvalue weighted by Crippen LogP contribution is -2.06. The Bertz CT molecular complexity index is 520. The van der Waals surface area contributed by atoms with Gasteiger partial charge in [0.05, 0.1) is 18.5 Å². The molecular formula is C13H16N2O2. The van der Waals surface area contributed by atoms with Gasteiger partial charge in [0.15, 0.2) is 0 Å². The fraction of sp³-hybridized carbons (Fsp3) is 0.308. The molecule has 0 saturated heterocycles. The second-order valence-corrected chi connectivity index (χ2v) is 4.01. The molecule has 1 atom stereocenters. The van der Waals surface area contributed by atoms with Gasteiger partial charge in [-0.1, -0.05) is 12.1 Å². The highest BCUT2D eigenvalue weighted by Gasteiger charge is 2.15. The van der Waals surface area contributed by atoms with E-state index >= 15 is 0 Å². The number of aromatic nitrogens is 2. The van der Waals surface area contributed by atoms with Crippen molar-refractivity contribution < 1.29 is 9.84 Å². The molecule has 0 fully saturated rings. The standard InChI is InChI=1S/C13H16N2O2/c1-9-7-12(15(2)14-9)13(16)10-5-4-6-11(8-10)17-3/h4-8,13,16H,1-3H3. The van der Waals surface area contributed by atoms with Gasteiger partial charge in [-0.3, -0.25) is 4.68 Å². The van der Waals surface area contributed by atoms with Crippen LogP contribution in [-0.2, 0) is 7.05 Å². The SMILES string of the molecule is COc1cccc(C(O)c2cc(C)nn2C)c1. The Morgan fingerprint density at radius 3 is 2.71 bits per heavy atom. The Labute approximate surface area is 100 Å². The second kappa shape index (κ2) is 4.59. The van der Waals surface area contributed by atoms with E-state index in [2.05, 4.69) is 5.10 Å². The summed E-state index contributed by atoms with van der Waals surface area (Å²) in [6.45, 7) is 1.90. The van der Waals surface area contributed by atoms with Gasteiger partial charge in [-0.15, -0.1) is 0 Å². The van der Waals surface area contributed by atoms with Crippen LogP contribution < -0.4 is 4.74 Å². The van der Waals surface area contributed by atoms with Crippen molar-refractivity contribution in [2.75, 3.05) is 7.11 Å². The van der Waals surface area contributed by atoms with Gasteiger partial charge < -0.3 is 9.84 Å². The maximum atomic E-state index is 10.3. The fourth-order valence-corrected chi connectivity index (χ4v) is 1.87. The summed E-state index contributed by atoms with van der Waals surface area (Å²) in [6.07, 6.45) is -0.684. The van der Waals surface area contributed by atoms with Crippen LogP contribution in [0.2, 0.25) is 0 Å². The van der Waals surface area contributed by atoms with Gasteiger partial charge in [0.25, 0.3) is 0 Å². The van der Waals surface area contributed by atoms with E-state index in [-0.39, 0.29) is 0 Å². The smallest absolute Gasteiger partial charge is 0.121 e. The molecule has 1 heterocycles. The largest absolute Gasteiger partial charge is 0.497 e. The predicted molar refractivity (Wildman–Crippen MR) is 65.0 cm³/mol. The van der Waals surface area contributed by atoms with Crippen molar-refractivity contribution in [3.05, 3.63) is 47.3 Å². The molecule has 0 bridgehead atoms. The molecule has 4 heteroatoms. The lowest BCUT2D eigenvalue weighted by molar-refractivity contribution is 0.209. The summed E-state index contributed by atoms with van der Waals surface area (Å²) >= 11 is 0. The van der Waals surface area contributed by atoms with Crippen LogP contribution >= 0.6 is 0 Å². The van der Waals surface area contributed by atoms with Crippen LogP contribution in [0.5, 0.6) is 5.75 Å². The minimum atomic E-state index is -0.684. The molecule has 1 aromatic carbocycles. The average Bonchev–Trinajstić information content (AvgIpc) is 2.67. The molecule has 0 radical (unpaired) electrons. The topological polar surface area (TPSA) is 47.3 Å². The molecule has 0 saturated carbocycles. The number of aliphatic hydroxyl groups is 1. The number of hydrogen-bond acceptors (Lipinski definition) is 3. The molecule has 1 N–H and O–H groups in total. The summed E-state index contributed by atoms with van der Waals surface area (Å²) < 4.78 is 6.84. The van der Waals surface area contributed by atoms with Gasteiger partial charge in [0, 0.05) is 7.05 Å². The molecule has 2 rings (SSSR count). The highest BCUT2D eigenvalue weighted by Crippen LogP contribution is 2.25. The van der Waals surface area contributed by atoms with E-state index in [1.165, 1.54) is 0 Å². The van der Waals surface area contributed by atoms with Crippen LogP contribution in [0.15, 0.2) is 30.3 Å². The van der Waals surface area contributed by atoms with Crippen LogP contribution in [0.3, 0.4) is 0 Å². The van der Waals surface area contributed by atoms with Gasteiger partial charge in [0.1, 0.15) is 11.9 Å². The number of benzene rings is 1. The molecule has 0 amide bonds. The van der Waals surface area contributed by atoms with Crippen LogP contribution in [0.4, 0.5) is 0 Å². The number of aryl methyl sites for hydroxylation is 2. The zero-order chi connectivity index (χ0) is 12.4. The first-order chi connectivity index (χ1) is 8.11. The minimum absolute atomic E-state index is 0.684. The van der Waals surface area contributed by atoms with Crippen molar-refractivity contribution in [1.82, 2.24) is 9.78 Å². The van der Waals surface area contributed by atoms with Crippen molar-refractivity contribution in [2.45, 2.75) is 13.0 Å². The van der Waals surface area contributed by atoms with Crippen molar-refractivity contribution in [1.29, 1.82) is 0 Å². The Kier molecular flexibility index (Phi) is 3.15. The van der Waals surface area contributed by atoms with Crippen molar-refractivity contribution in [3.8, 4) is 5.75 Å². The maximum Gasteiger partial charge on any atom is 0.121 e. The van der Waals surface area contributed by atoms with Crippen molar-refractivity contribution in [2.24, 2.45) is 7.05 Å². The number of hydrogen-bond donors (Lipinski definition) is 1. The third kappa shape index (κ3) is 2.31. The molecule has 17 heavy (non-hydrogen) atoms. The van der Waals surface area contributed by atoms with E-state index in [0.29, 0.717) is 0 Å². The predicted octanol–water partition coefficient (Wildman–Crippen LogP) is 1.82. The molecular weight excluding hydrogens is 216 g/mol. The normalized spacial score (nSPS) is 12.5. The van der Waals surface area contributed by atoms with E-state index in [1.54, 1.807) is 11.8 Å². The van der Waals surface area contributed by atoms with Crippen LogP contribution in [0.25, 0.3) is 0 Å². The third-order valence-electron chi connectivity index (χ3n) is 2.73. The fourth-order valence-electron chi connectivity index (χ4n) is 1.87. The highest BCUT2D eigenvalue weighted by atomic mass is 16.5. The zero-order valence-corrected chi connectivity index (χ0v) is 10.2. The molecule has 2 aromatic rings. The second-order valence-electron chi connectivity index (χ2n) is 4.01. The molecule has 0 aliphatic heterocycles. The Balaban J connectivity index is 2.36. The summed E-state index contributed by atoms with van der Waals surface area (Å²) in [4.78, 5) is 0. The Morgan fingerprint density at radius 2 is 2.12 bits per heavy atom. The number of aliphatic hydroxyl groups excluding tert-OH is 1. The third-order valence-corrected chi connectivity index (χ3v) is 2.73. The van der Waals surface area contributed by atoms with Crippen LogP contribution in [0, 0.1) is 6.92 Å². The molecule has 1 unspecified atom stereocenters. The summed E-state index contributed by atoms with van der Waals surface area (Å²) in [7, 11) is 3.44. The molecule has 0 spiro atoms. The van der Waals surface area contributed by atoms with Crippen LogP contribution in [0.1, 0.15) is 23.1 Å². The molecule has 4 nitrogen and oxygen atoms in total. The highest BCUT2D eigenvalue weighted by molar-refractivity contribution is 5.33. The summed E-state index contributed by atoms with van der Waals surface area (Å²) in [5.41, 5.74) is 2.47. The number of nitrogens with zero attached hydrogens (tertiary/aromatic N) is 2. The van der Waals surface area contributed by atoms with Gasteiger partial charge >= 0.3 is 0 Å². The molecule has 0 aliphatic carbocycles. The van der Waals surface area contributed by atoms with E-state index in [9.17, 15) is 5.11 Å². The summed E-state index contributed by atoms with van der Waals surface area (Å²) in [6, 6.07) is 9.29. The maximum absolute atomic E-state index is 10.3. The Hall–Kier alpha value is -1.81. The van der Waals surface area contributed by atoms with Gasteiger partial charge in [-0.25, -0.2) is 0 Å². The van der Waals surface area contributed by atoms with Crippen LogP contribution in [-0.4, -0.2) is 22.0 Å². The van der Waals surface area contributed by atoms with Gasteiger partial charge in [-0.2, -0.15) is 5.10 Å². The van der Waals surface area contributed by atoms with E-state index in [1.807, 2.05) is 44.3 Å². The average molecular weight is 232 g/mol. The first-order valence-corrected chi connectivity index (χ1v) is 5.44. The minimum Gasteiger partial charge on any atom is -0.497 e. The number of methoxy groups -OCH3 is 1. The lowest BCUT2D eigenvalue weighted by Gasteiger charge is -2.12. The monoisotopic (exact) mass is 232 g/mol. The van der Waals surface area contributed by atoms with Gasteiger partial charge in [-0.05, 0) is 30.7 Å². The quantitative estimate of drug-likeness (QED) is 0.878. The Morgan fingerprint density at radius 1 is 1.35 bits per heavy atom. The lowest BCUT2D eigenvalue weighted by atomic mass is 10.1. The molecule has 90 valence electrons. The first-order valence-electron chi connectivity index (χ1n) is 5.44. The zero-order valence-electron chi connectivity index (χ0n) is 10.2. The summed E-state index contributed by atoms with van der Waals surface area (Å²) in [5.74, 6) is 0.737. The van der Waals surface area contributed by atoms with Crippen molar-refractivity contribution in [3.63, 3.8) is 0 Å². The van der Waals surface area contributed by atoms with E-state index in [0.717, 1.165) is 22.7 Å². The van der Waals surface area contributed by atoms with Crippen molar-refractivity contribution >= 4 is 0 Å². The van der Waals surface area contributed by atoms with Gasteiger partial charge in [0.2, 0.25) is 0 Å². The number of ether oxygens (including phenoxy) is 1. The molecule has 1 aromatic heterocycles. The first kappa shape index (κ1) is 11.7. The van der Waals surface area contributed by atoms with E-state index < -0.39 is 6.10 Å². The summed E-state index contributed by atoms with van der Waals surface area (Å²) in [5, 5.41) is 14.5. The number of rotatable bonds is 3. The molecule has 0 aliphatic rings.